The first-order valence-electron chi connectivity index (χ1n) is 8.43. The molecule has 0 saturated heterocycles. The minimum Gasteiger partial charge on any atom is -0.481 e. The predicted molar refractivity (Wildman–Crippen MR) is 88.5 cm³/mol. The summed E-state index contributed by atoms with van der Waals surface area (Å²) >= 11 is 0. The van der Waals surface area contributed by atoms with Gasteiger partial charge in [-0.3, -0.25) is 9.59 Å². The molecule has 1 aromatic heterocycles. The summed E-state index contributed by atoms with van der Waals surface area (Å²) < 4.78 is 2.02. The molecule has 25 heavy (non-hydrogen) atoms. The van der Waals surface area contributed by atoms with Crippen LogP contribution >= 0.6 is 0 Å². The van der Waals surface area contributed by atoms with Crippen molar-refractivity contribution in [2.45, 2.75) is 57.3 Å². The summed E-state index contributed by atoms with van der Waals surface area (Å²) in [6.45, 7) is 1.71. The molecule has 132 valence electrons. The topological polar surface area (TPSA) is 100 Å². The van der Waals surface area contributed by atoms with Crippen molar-refractivity contribution >= 4 is 11.9 Å². The molecule has 2 aliphatic heterocycles. The summed E-state index contributed by atoms with van der Waals surface area (Å²) in [6, 6.07) is 0. The van der Waals surface area contributed by atoms with E-state index in [1.165, 1.54) is 0 Å². The Labute approximate surface area is 145 Å². The largest absolute Gasteiger partial charge is 0.481 e. The SMILES string of the molecule is C#CCCC1(CCC(=O)N2CCn3c(CCC(=O)O)cnc3C2)N=N1. The van der Waals surface area contributed by atoms with Crippen LogP contribution in [0.2, 0.25) is 0 Å². The number of carboxylic acids is 1. The number of rotatable bonds is 8. The maximum Gasteiger partial charge on any atom is 0.303 e. The normalized spacial score (nSPS) is 17.0. The molecule has 0 atom stereocenters. The molecule has 2 aliphatic rings. The van der Waals surface area contributed by atoms with Gasteiger partial charge < -0.3 is 14.6 Å². The van der Waals surface area contributed by atoms with E-state index < -0.39 is 11.6 Å². The molecule has 8 nitrogen and oxygen atoms in total. The molecule has 1 amide bonds. The van der Waals surface area contributed by atoms with Crippen molar-refractivity contribution in [3.8, 4) is 12.3 Å². The van der Waals surface area contributed by atoms with E-state index in [2.05, 4.69) is 21.1 Å². The van der Waals surface area contributed by atoms with E-state index in [4.69, 9.17) is 11.5 Å². The van der Waals surface area contributed by atoms with Gasteiger partial charge in [0.15, 0.2) is 5.66 Å². The van der Waals surface area contributed by atoms with Gasteiger partial charge in [0.25, 0.3) is 0 Å². The summed E-state index contributed by atoms with van der Waals surface area (Å²) in [5, 5.41) is 16.9. The Kier molecular flexibility index (Phi) is 4.83. The van der Waals surface area contributed by atoms with E-state index in [1.54, 1.807) is 11.1 Å². The molecule has 0 spiro atoms. The van der Waals surface area contributed by atoms with Gasteiger partial charge in [0, 0.05) is 50.7 Å². The van der Waals surface area contributed by atoms with Crippen molar-refractivity contribution < 1.29 is 14.7 Å². The molecule has 3 rings (SSSR count). The first-order chi connectivity index (χ1) is 12.0. The Hall–Kier alpha value is -2.69. The number of aliphatic carboxylic acids is 1. The van der Waals surface area contributed by atoms with Crippen LogP contribution in [0, 0.1) is 12.3 Å². The van der Waals surface area contributed by atoms with Crippen LogP contribution in [-0.4, -0.2) is 43.6 Å². The molecule has 0 aliphatic carbocycles. The number of carbonyl (C=O) groups is 2. The maximum atomic E-state index is 12.5. The number of hydrogen-bond donors (Lipinski definition) is 1. The van der Waals surface area contributed by atoms with Gasteiger partial charge in [0.1, 0.15) is 5.82 Å². The third-order valence-corrected chi connectivity index (χ3v) is 4.69. The van der Waals surface area contributed by atoms with Gasteiger partial charge in [-0.15, -0.1) is 12.3 Å². The van der Waals surface area contributed by atoms with Gasteiger partial charge in [-0.1, -0.05) is 0 Å². The highest BCUT2D eigenvalue weighted by molar-refractivity contribution is 5.76. The van der Waals surface area contributed by atoms with Crippen LogP contribution in [0.3, 0.4) is 0 Å². The number of fused-ring (bicyclic) bond motifs is 1. The zero-order valence-electron chi connectivity index (χ0n) is 14.0. The summed E-state index contributed by atoms with van der Waals surface area (Å²) in [6.07, 6.45) is 9.83. The molecule has 8 heteroatoms. The number of aromatic nitrogens is 2. The van der Waals surface area contributed by atoms with Gasteiger partial charge in [0.2, 0.25) is 5.91 Å². The quantitative estimate of drug-likeness (QED) is 0.725. The van der Waals surface area contributed by atoms with Crippen LogP contribution in [0.15, 0.2) is 16.4 Å². The molecule has 1 aromatic rings. The average Bonchev–Trinajstić information content (AvgIpc) is 3.27. The number of hydrogen-bond acceptors (Lipinski definition) is 5. The molecule has 0 fully saturated rings. The summed E-state index contributed by atoms with van der Waals surface area (Å²) in [7, 11) is 0. The third-order valence-electron chi connectivity index (χ3n) is 4.69. The average molecular weight is 343 g/mol. The Bertz CT molecular complexity index is 740. The highest BCUT2D eigenvalue weighted by atomic mass is 16.4. The lowest BCUT2D eigenvalue weighted by atomic mass is 10.0. The van der Waals surface area contributed by atoms with E-state index in [0.717, 1.165) is 11.5 Å². The Morgan fingerprint density at radius 3 is 2.76 bits per heavy atom. The number of carbonyl (C=O) groups excluding carboxylic acids is 1. The van der Waals surface area contributed by atoms with Crippen LogP contribution < -0.4 is 0 Å². The number of nitrogens with zero attached hydrogens (tertiary/aromatic N) is 5. The van der Waals surface area contributed by atoms with Crippen LogP contribution in [0.1, 0.15) is 43.6 Å². The van der Waals surface area contributed by atoms with E-state index in [9.17, 15) is 9.59 Å². The number of aryl methyl sites for hydroxylation is 1. The third kappa shape index (κ3) is 4.05. The fourth-order valence-electron chi connectivity index (χ4n) is 3.10. The Balaban J connectivity index is 1.52. The van der Waals surface area contributed by atoms with Gasteiger partial charge in [-0.2, -0.15) is 10.2 Å². The Morgan fingerprint density at radius 2 is 2.08 bits per heavy atom. The van der Waals surface area contributed by atoms with Crippen LogP contribution in [0.25, 0.3) is 0 Å². The molecule has 0 unspecified atom stereocenters. The molecule has 0 aromatic carbocycles. The van der Waals surface area contributed by atoms with Crippen LogP contribution in [-0.2, 0) is 29.1 Å². The lowest BCUT2D eigenvalue weighted by Crippen LogP contribution is -2.39. The predicted octanol–water partition coefficient (Wildman–Crippen LogP) is 1.60. The fourth-order valence-corrected chi connectivity index (χ4v) is 3.10. The van der Waals surface area contributed by atoms with Crippen molar-refractivity contribution in [1.82, 2.24) is 14.5 Å². The molecular weight excluding hydrogens is 322 g/mol. The lowest BCUT2D eigenvalue weighted by Gasteiger charge is -2.29. The van der Waals surface area contributed by atoms with Crippen LogP contribution in [0.4, 0.5) is 0 Å². The molecule has 0 radical (unpaired) electrons. The van der Waals surface area contributed by atoms with Crippen molar-refractivity contribution in [2.24, 2.45) is 10.2 Å². The smallest absolute Gasteiger partial charge is 0.303 e. The van der Waals surface area contributed by atoms with E-state index >= 15 is 0 Å². The summed E-state index contributed by atoms with van der Waals surface area (Å²) in [5.41, 5.74) is 0.480. The minimum absolute atomic E-state index is 0.0683. The first kappa shape index (κ1) is 17.1. The van der Waals surface area contributed by atoms with Crippen LogP contribution in [0.5, 0.6) is 0 Å². The van der Waals surface area contributed by atoms with E-state index in [-0.39, 0.29) is 12.3 Å². The first-order valence-corrected chi connectivity index (χ1v) is 8.43. The second kappa shape index (κ2) is 7.05. The Morgan fingerprint density at radius 1 is 1.28 bits per heavy atom. The number of terminal acetylenes is 1. The van der Waals surface area contributed by atoms with Gasteiger partial charge >= 0.3 is 5.97 Å². The molecule has 0 bridgehead atoms. The summed E-state index contributed by atoms with van der Waals surface area (Å²) in [4.78, 5) is 29.3. The summed E-state index contributed by atoms with van der Waals surface area (Å²) in [5.74, 6) is 2.64. The van der Waals surface area contributed by atoms with Crippen molar-refractivity contribution in [2.75, 3.05) is 6.54 Å². The van der Waals surface area contributed by atoms with E-state index in [0.29, 0.717) is 51.7 Å². The van der Waals surface area contributed by atoms with Crippen molar-refractivity contribution in [3.05, 3.63) is 17.7 Å². The molecule has 3 heterocycles. The van der Waals surface area contributed by atoms with Gasteiger partial charge in [0.05, 0.1) is 13.0 Å². The monoisotopic (exact) mass is 343 g/mol. The second-order valence-corrected chi connectivity index (χ2v) is 6.41. The number of imidazole rings is 1. The van der Waals surface area contributed by atoms with E-state index in [1.807, 2.05) is 4.57 Å². The number of carboxylic acid groups (broad SMARTS) is 1. The second-order valence-electron chi connectivity index (χ2n) is 6.41. The fraction of sp³-hybridized carbons (Fsp3) is 0.588. The van der Waals surface area contributed by atoms with Crippen molar-refractivity contribution in [3.63, 3.8) is 0 Å². The number of amides is 1. The highest BCUT2D eigenvalue weighted by Crippen LogP contribution is 2.37. The van der Waals surface area contributed by atoms with Gasteiger partial charge in [-0.05, 0) is 6.42 Å². The highest BCUT2D eigenvalue weighted by Gasteiger charge is 2.39. The zero-order valence-corrected chi connectivity index (χ0v) is 14.0. The molecular formula is C17H21N5O3. The zero-order chi connectivity index (χ0) is 17.9. The molecule has 0 saturated carbocycles. The van der Waals surface area contributed by atoms with Gasteiger partial charge in [-0.25, -0.2) is 4.98 Å². The standard InChI is InChI=1S/C17H21N5O3/c1-2-3-7-17(19-20-17)8-6-15(23)21-9-10-22-13(4-5-16(24)25)11-18-14(22)12-21/h1,11H,3-10,12H2,(H,24,25). The lowest BCUT2D eigenvalue weighted by molar-refractivity contribution is -0.137. The molecule has 1 N–H and O–H groups in total. The maximum absolute atomic E-state index is 12.5. The van der Waals surface area contributed by atoms with Crippen molar-refractivity contribution in [1.29, 1.82) is 0 Å². The minimum atomic E-state index is -0.821.